The molecule has 0 heterocycles. The molecule has 0 spiro atoms. The molecule has 1 aromatic carbocycles. The number of hydrogen-bond donors (Lipinski definition) is 0. The molecule has 0 aliphatic heterocycles. The fraction of sp³-hybridized carbons (Fsp3) is 0.714. The van der Waals surface area contributed by atoms with Crippen LogP contribution in [0.25, 0.3) is 0 Å². The first-order chi connectivity index (χ1) is 10.2. The normalized spacial score (nSPS) is 11.2. The van der Waals surface area contributed by atoms with Gasteiger partial charge in [-0.25, -0.2) is 0 Å². The highest BCUT2D eigenvalue weighted by Crippen LogP contribution is 2.17. The van der Waals surface area contributed by atoms with Crippen LogP contribution in [-0.4, -0.2) is 0 Å². The third-order valence-corrected chi connectivity index (χ3v) is 4.44. The maximum absolute atomic E-state index is 2.40. The van der Waals surface area contributed by atoms with Gasteiger partial charge in [0, 0.05) is 0 Å². The molecule has 0 amide bonds. The molecular weight excluding hydrogens is 252 g/mol. The molecule has 0 fully saturated rings. The van der Waals surface area contributed by atoms with E-state index < -0.39 is 0 Å². The third-order valence-electron chi connectivity index (χ3n) is 4.44. The zero-order valence-electron chi connectivity index (χ0n) is 14.7. The number of aryl methyl sites for hydroxylation is 1. The van der Waals surface area contributed by atoms with Crippen LogP contribution in [0.1, 0.15) is 102 Å². The second-order valence-corrected chi connectivity index (χ2v) is 6.83. The van der Waals surface area contributed by atoms with Crippen molar-refractivity contribution in [3.63, 3.8) is 0 Å². The van der Waals surface area contributed by atoms with Gasteiger partial charge in [0.05, 0.1) is 0 Å². The van der Waals surface area contributed by atoms with E-state index in [1.807, 2.05) is 0 Å². The maximum Gasteiger partial charge on any atom is -0.0219 e. The lowest BCUT2D eigenvalue weighted by Gasteiger charge is -2.08. The Morgan fingerprint density at radius 1 is 0.762 bits per heavy atom. The third kappa shape index (κ3) is 8.96. The van der Waals surface area contributed by atoms with Gasteiger partial charge in [-0.15, -0.1) is 0 Å². The minimum atomic E-state index is 0.651. The number of benzene rings is 1. The average Bonchev–Trinajstić information content (AvgIpc) is 2.49. The van der Waals surface area contributed by atoms with Crippen LogP contribution in [0.15, 0.2) is 24.3 Å². The highest BCUT2D eigenvalue weighted by molar-refractivity contribution is 5.25. The summed E-state index contributed by atoms with van der Waals surface area (Å²) in [6, 6.07) is 9.17. The Balaban J connectivity index is 2.00. The smallest absolute Gasteiger partial charge is 0.0219 e. The Morgan fingerprint density at radius 2 is 1.33 bits per heavy atom. The summed E-state index contributed by atoms with van der Waals surface area (Å²) in [5, 5.41) is 0. The molecule has 0 aliphatic rings. The van der Waals surface area contributed by atoms with Gasteiger partial charge in [-0.05, 0) is 29.9 Å². The van der Waals surface area contributed by atoms with Crippen LogP contribution < -0.4 is 0 Å². The van der Waals surface area contributed by atoms with Gasteiger partial charge in [0.25, 0.3) is 0 Å². The van der Waals surface area contributed by atoms with Gasteiger partial charge in [-0.2, -0.15) is 0 Å². The van der Waals surface area contributed by atoms with Crippen LogP contribution in [0, 0.1) is 0 Å². The molecule has 1 rings (SSSR count). The average molecular weight is 289 g/mol. The molecular formula is C21H36. The molecule has 0 nitrogen and oxygen atoms in total. The Kier molecular flexibility index (Phi) is 10.3. The van der Waals surface area contributed by atoms with E-state index in [9.17, 15) is 0 Å². The van der Waals surface area contributed by atoms with Crippen LogP contribution in [0.2, 0.25) is 0 Å². The minimum Gasteiger partial charge on any atom is -0.0654 e. The van der Waals surface area contributed by atoms with Crippen molar-refractivity contribution in [1.82, 2.24) is 0 Å². The summed E-state index contributed by atoms with van der Waals surface area (Å²) in [6.07, 6.45) is 15.5. The molecule has 1 aromatic rings. The van der Waals surface area contributed by atoms with Crippen LogP contribution in [0.5, 0.6) is 0 Å². The lowest BCUT2D eigenvalue weighted by atomic mass is 9.98. The van der Waals surface area contributed by atoms with Crippen molar-refractivity contribution in [2.75, 3.05) is 0 Å². The van der Waals surface area contributed by atoms with Crippen molar-refractivity contribution in [3.05, 3.63) is 35.4 Å². The van der Waals surface area contributed by atoms with E-state index in [0.29, 0.717) is 5.92 Å². The summed E-state index contributed by atoms with van der Waals surface area (Å²) in [7, 11) is 0. The lowest BCUT2D eigenvalue weighted by molar-refractivity contribution is 0.556. The maximum atomic E-state index is 2.40. The van der Waals surface area contributed by atoms with E-state index in [0.717, 1.165) is 0 Å². The SMILES string of the molecule is CCCCCCCCCCCCc1cccc(C(C)C)c1. The summed E-state index contributed by atoms with van der Waals surface area (Å²) in [5.74, 6) is 0.651. The number of unbranched alkanes of at least 4 members (excludes halogenated alkanes) is 9. The Morgan fingerprint density at radius 3 is 1.90 bits per heavy atom. The van der Waals surface area contributed by atoms with Gasteiger partial charge in [0.15, 0.2) is 0 Å². The lowest BCUT2D eigenvalue weighted by Crippen LogP contribution is -1.91. The van der Waals surface area contributed by atoms with Crippen LogP contribution in [-0.2, 0) is 6.42 Å². The van der Waals surface area contributed by atoms with E-state index in [1.165, 1.54) is 81.8 Å². The molecule has 0 bridgehead atoms. The molecule has 0 heteroatoms. The summed E-state index contributed by atoms with van der Waals surface area (Å²) >= 11 is 0. The number of hydrogen-bond acceptors (Lipinski definition) is 0. The summed E-state index contributed by atoms with van der Waals surface area (Å²) in [4.78, 5) is 0. The molecule has 0 aliphatic carbocycles. The molecule has 0 N–H and O–H groups in total. The van der Waals surface area contributed by atoms with E-state index >= 15 is 0 Å². The first-order valence-electron chi connectivity index (χ1n) is 9.33. The summed E-state index contributed by atoms with van der Waals surface area (Å²) in [5.41, 5.74) is 3.01. The fourth-order valence-electron chi connectivity index (χ4n) is 2.92. The first kappa shape index (κ1) is 18.3. The van der Waals surface area contributed by atoms with Crippen molar-refractivity contribution in [1.29, 1.82) is 0 Å². The van der Waals surface area contributed by atoms with Crippen molar-refractivity contribution >= 4 is 0 Å². The van der Waals surface area contributed by atoms with Gasteiger partial charge < -0.3 is 0 Å². The van der Waals surface area contributed by atoms with Crippen molar-refractivity contribution < 1.29 is 0 Å². The first-order valence-corrected chi connectivity index (χ1v) is 9.33. The van der Waals surface area contributed by atoms with Gasteiger partial charge in [0.2, 0.25) is 0 Å². The highest BCUT2D eigenvalue weighted by atomic mass is 14.1. The zero-order valence-corrected chi connectivity index (χ0v) is 14.7. The molecule has 0 radical (unpaired) electrons. The van der Waals surface area contributed by atoms with Crippen molar-refractivity contribution in [2.45, 2.75) is 97.3 Å². The Bertz CT molecular complexity index is 351. The molecule has 120 valence electrons. The van der Waals surface area contributed by atoms with E-state index in [-0.39, 0.29) is 0 Å². The van der Waals surface area contributed by atoms with Gasteiger partial charge in [-0.3, -0.25) is 0 Å². The highest BCUT2D eigenvalue weighted by Gasteiger charge is 2.00. The minimum absolute atomic E-state index is 0.651. The molecule has 0 saturated heterocycles. The second kappa shape index (κ2) is 11.8. The summed E-state index contributed by atoms with van der Waals surface area (Å²) < 4.78 is 0. The molecule has 0 saturated carbocycles. The van der Waals surface area contributed by atoms with Gasteiger partial charge in [-0.1, -0.05) is 103 Å². The monoisotopic (exact) mass is 288 g/mol. The van der Waals surface area contributed by atoms with Gasteiger partial charge >= 0.3 is 0 Å². The van der Waals surface area contributed by atoms with Gasteiger partial charge in [0.1, 0.15) is 0 Å². The molecule has 21 heavy (non-hydrogen) atoms. The van der Waals surface area contributed by atoms with Crippen LogP contribution in [0.4, 0.5) is 0 Å². The van der Waals surface area contributed by atoms with Crippen LogP contribution in [0.3, 0.4) is 0 Å². The van der Waals surface area contributed by atoms with Crippen molar-refractivity contribution in [3.8, 4) is 0 Å². The van der Waals surface area contributed by atoms with E-state index in [2.05, 4.69) is 45.0 Å². The Labute approximate surface area is 133 Å². The zero-order chi connectivity index (χ0) is 15.3. The predicted molar refractivity (Wildman–Crippen MR) is 96.1 cm³/mol. The largest absolute Gasteiger partial charge is 0.0654 e. The predicted octanol–water partition coefficient (Wildman–Crippen LogP) is 7.27. The Hall–Kier alpha value is -0.780. The fourth-order valence-corrected chi connectivity index (χ4v) is 2.92. The van der Waals surface area contributed by atoms with E-state index in [1.54, 1.807) is 0 Å². The topological polar surface area (TPSA) is 0 Å². The molecule has 0 aromatic heterocycles. The summed E-state index contributed by atoms with van der Waals surface area (Å²) in [6.45, 7) is 6.84. The molecule has 0 unspecified atom stereocenters. The number of rotatable bonds is 12. The van der Waals surface area contributed by atoms with Crippen molar-refractivity contribution in [2.24, 2.45) is 0 Å². The standard InChI is InChI=1S/C21H36/c1-4-5-6-7-8-9-10-11-12-13-15-20-16-14-17-21(18-20)19(2)3/h14,16-19H,4-13,15H2,1-3H3. The quantitative estimate of drug-likeness (QED) is 0.355. The van der Waals surface area contributed by atoms with Crippen LogP contribution >= 0.6 is 0 Å². The molecule has 0 atom stereocenters. The second-order valence-electron chi connectivity index (χ2n) is 6.83. The van der Waals surface area contributed by atoms with E-state index in [4.69, 9.17) is 0 Å².